The number of rotatable bonds is 5. The van der Waals surface area contributed by atoms with Crippen molar-refractivity contribution >= 4 is 0 Å². The molecule has 2 heteroatoms. The van der Waals surface area contributed by atoms with Gasteiger partial charge >= 0.3 is 0 Å². The second-order valence-corrected chi connectivity index (χ2v) is 4.49. The highest BCUT2D eigenvalue weighted by molar-refractivity contribution is 5.17. The van der Waals surface area contributed by atoms with Crippen molar-refractivity contribution in [3.05, 3.63) is 59.5 Å². The van der Waals surface area contributed by atoms with Gasteiger partial charge in [0.25, 0.3) is 0 Å². The van der Waals surface area contributed by atoms with Gasteiger partial charge in [0.1, 0.15) is 5.76 Å². The molecule has 90 valence electrons. The average Bonchev–Trinajstić information content (AvgIpc) is 2.90. The van der Waals surface area contributed by atoms with E-state index in [4.69, 9.17) is 8.83 Å². The van der Waals surface area contributed by atoms with E-state index in [-0.39, 0.29) is 0 Å². The minimum atomic E-state index is 0.902. The minimum absolute atomic E-state index is 0.902. The first-order chi connectivity index (χ1) is 8.24. The van der Waals surface area contributed by atoms with E-state index < -0.39 is 0 Å². The Morgan fingerprint density at radius 1 is 1.35 bits per heavy atom. The predicted octanol–water partition coefficient (Wildman–Crippen LogP) is 4.30. The van der Waals surface area contributed by atoms with Crippen molar-refractivity contribution < 1.29 is 8.83 Å². The predicted molar refractivity (Wildman–Crippen MR) is 67.9 cm³/mol. The Bertz CT molecular complexity index is 475. The standard InChI is InChI=1S/C15H18O2/c1-12(8-15-9-13(2)10-17-15)4-3-5-14-6-7-16-11-14/h4,6-7,9-11H,3,5,8H2,1-2H3. The Labute approximate surface area is 102 Å². The molecule has 0 amide bonds. The highest BCUT2D eigenvalue weighted by Gasteiger charge is 2.00. The Hall–Kier alpha value is -1.70. The van der Waals surface area contributed by atoms with E-state index in [1.165, 1.54) is 16.7 Å². The van der Waals surface area contributed by atoms with Crippen LogP contribution in [0.15, 0.2) is 51.4 Å². The lowest BCUT2D eigenvalue weighted by Crippen LogP contribution is -1.85. The van der Waals surface area contributed by atoms with Crippen LogP contribution in [-0.4, -0.2) is 0 Å². The summed E-state index contributed by atoms with van der Waals surface area (Å²) in [5, 5.41) is 0. The van der Waals surface area contributed by atoms with Gasteiger partial charge in [-0.1, -0.05) is 11.6 Å². The summed E-state index contributed by atoms with van der Waals surface area (Å²) < 4.78 is 10.5. The van der Waals surface area contributed by atoms with Crippen molar-refractivity contribution in [1.29, 1.82) is 0 Å². The molecule has 2 nitrogen and oxygen atoms in total. The van der Waals surface area contributed by atoms with Crippen LogP contribution in [0.4, 0.5) is 0 Å². The molecule has 0 saturated carbocycles. The van der Waals surface area contributed by atoms with E-state index >= 15 is 0 Å². The fraction of sp³-hybridized carbons (Fsp3) is 0.333. The molecule has 0 bridgehead atoms. The maximum absolute atomic E-state index is 5.43. The van der Waals surface area contributed by atoms with Gasteiger partial charge in [-0.25, -0.2) is 0 Å². The molecular formula is C15H18O2. The van der Waals surface area contributed by atoms with Crippen molar-refractivity contribution in [3.8, 4) is 0 Å². The number of hydrogen-bond donors (Lipinski definition) is 0. The van der Waals surface area contributed by atoms with Gasteiger partial charge in [-0.15, -0.1) is 0 Å². The Morgan fingerprint density at radius 3 is 2.88 bits per heavy atom. The third kappa shape index (κ3) is 3.66. The number of aryl methyl sites for hydroxylation is 2. The minimum Gasteiger partial charge on any atom is -0.472 e. The zero-order chi connectivity index (χ0) is 12.1. The topological polar surface area (TPSA) is 26.3 Å². The molecule has 0 aromatic carbocycles. The molecule has 0 fully saturated rings. The summed E-state index contributed by atoms with van der Waals surface area (Å²) >= 11 is 0. The zero-order valence-electron chi connectivity index (χ0n) is 10.4. The maximum atomic E-state index is 5.43. The van der Waals surface area contributed by atoms with Gasteiger partial charge in [0, 0.05) is 6.42 Å². The smallest absolute Gasteiger partial charge is 0.108 e. The monoisotopic (exact) mass is 230 g/mol. The molecule has 2 rings (SSSR count). The largest absolute Gasteiger partial charge is 0.472 e. The van der Waals surface area contributed by atoms with Crippen molar-refractivity contribution in [1.82, 2.24) is 0 Å². The van der Waals surface area contributed by atoms with E-state index in [0.717, 1.165) is 25.0 Å². The molecule has 0 aliphatic heterocycles. The highest BCUT2D eigenvalue weighted by Crippen LogP contribution is 2.13. The molecule has 2 heterocycles. The van der Waals surface area contributed by atoms with Gasteiger partial charge in [-0.2, -0.15) is 0 Å². The van der Waals surface area contributed by atoms with Crippen LogP contribution < -0.4 is 0 Å². The summed E-state index contributed by atoms with van der Waals surface area (Å²) in [4.78, 5) is 0. The number of furan rings is 2. The van der Waals surface area contributed by atoms with Gasteiger partial charge in [0.05, 0.1) is 18.8 Å². The van der Waals surface area contributed by atoms with Crippen molar-refractivity contribution in [3.63, 3.8) is 0 Å². The summed E-state index contributed by atoms with van der Waals surface area (Å²) in [5.41, 5.74) is 3.79. The van der Waals surface area contributed by atoms with Crippen LogP contribution in [-0.2, 0) is 12.8 Å². The van der Waals surface area contributed by atoms with Gasteiger partial charge in [-0.3, -0.25) is 0 Å². The second kappa shape index (κ2) is 5.58. The molecular weight excluding hydrogens is 212 g/mol. The molecule has 0 N–H and O–H groups in total. The summed E-state index contributed by atoms with van der Waals surface area (Å²) in [6.07, 6.45) is 10.6. The fourth-order valence-electron chi connectivity index (χ4n) is 1.85. The molecule has 0 atom stereocenters. The zero-order valence-corrected chi connectivity index (χ0v) is 10.4. The molecule has 0 aliphatic rings. The highest BCUT2D eigenvalue weighted by atomic mass is 16.3. The molecule has 0 unspecified atom stereocenters. The number of hydrogen-bond acceptors (Lipinski definition) is 2. The second-order valence-electron chi connectivity index (χ2n) is 4.49. The lowest BCUT2D eigenvalue weighted by atomic mass is 10.1. The first-order valence-corrected chi connectivity index (χ1v) is 5.95. The lowest BCUT2D eigenvalue weighted by molar-refractivity contribution is 0.518. The summed E-state index contributed by atoms with van der Waals surface area (Å²) in [6, 6.07) is 4.10. The van der Waals surface area contributed by atoms with Crippen LogP contribution in [0.25, 0.3) is 0 Å². The molecule has 0 spiro atoms. The molecule has 2 aromatic heterocycles. The Balaban J connectivity index is 1.81. The van der Waals surface area contributed by atoms with Crippen molar-refractivity contribution in [2.75, 3.05) is 0 Å². The van der Waals surface area contributed by atoms with Crippen LogP contribution in [0.1, 0.15) is 30.2 Å². The van der Waals surface area contributed by atoms with Crippen LogP contribution >= 0.6 is 0 Å². The van der Waals surface area contributed by atoms with Gasteiger partial charge in [0.15, 0.2) is 0 Å². The Morgan fingerprint density at radius 2 is 2.24 bits per heavy atom. The molecule has 0 aliphatic carbocycles. The van der Waals surface area contributed by atoms with Crippen LogP contribution in [0.5, 0.6) is 0 Å². The van der Waals surface area contributed by atoms with Gasteiger partial charge < -0.3 is 8.83 Å². The molecule has 0 saturated heterocycles. The molecule has 17 heavy (non-hydrogen) atoms. The van der Waals surface area contributed by atoms with E-state index in [2.05, 4.69) is 19.1 Å². The first-order valence-electron chi connectivity index (χ1n) is 5.95. The molecule has 2 aromatic rings. The van der Waals surface area contributed by atoms with Crippen molar-refractivity contribution in [2.24, 2.45) is 0 Å². The molecule has 0 radical (unpaired) electrons. The van der Waals surface area contributed by atoms with E-state index in [1.54, 1.807) is 18.8 Å². The first kappa shape index (κ1) is 11.8. The van der Waals surface area contributed by atoms with Crippen LogP contribution in [0, 0.1) is 6.92 Å². The van der Waals surface area contributed by atoms with Crippen LogP contribution in [0.2, 0.25) is 0 Å². The third-order valence-electron chi connectivity index (χ3n) is 2.74. The third-order valence-corrected chi connectivity index (χ3v) is 2.74. The summed E-state index contributed by atoms with van der Waals surface area (Å²) in [6.45, 7) is 4.19. The fourth-order valence-corrected chi connectivity index (χ4v) is 1.85. The van der Waals surface area contributed by atoms with E-state index in [1.807, 2.05) is 13.0 Å². The van der Waals surface area contributed by atoms with E-state index in [0.29, 0.717) is 0 Å². The average molecular weight is 230 g/mol. The summed E-state index contributed by atoms with van der Waals surface area (Å²) in [5.74, 6) is 1.04. The number of allylic oxidation sites excluding steroid dienone is 2. The maximum Gasteiger partial charge on any atom is 0.108 e. The SMILES string of the molecule is CC(=CCCc1ccoc1)Cc1cc(C)co1. The normalized spacial score (nSPS) is 12.0. The van der Waals surface area contributed by atoms with Crippen LogP contribution in [0.3, 0.4) is 0 Å². The van der Waals surface area contributed by atoms with Gasteiger partial charge in [0.2, 0.25) is 0 Å². The Kier molecular flexibility index (Phi) is 3.86. The lowest BCUT2D eigenvalue weighted by Gasteiger charge is -1.98. The van der Waals surface area contributed by atoms with Crippen molar-refractivity contribution in [2.45, 2.75) is 33.1 Å². The summed E-state index contributed by atoms with van der Waals surface area (Å²) in [7, 11) is 0. The van der Waals surface area contributed by atoms with E-state index in [9.17, 15) is 0 Å². The quantitative estimate of drug-likeness (QED) is 0.716. The van der Waals surface area contributed by atoms with Gasteiger partial charge in [-0.05, 0) is 49.9 Å².